The maximum absolute atomic E-state index is 13.1. The highest BCUT2D eigenvalue weighted by molar-refractivity contribution is 6.30. The van der Waals surface area contributed by atoms with E-state index in [2.05, 4.69) is 0 Å². The molecular weight excluding hydrogens is 320 g/mol. The van der Waals surface area contributed by atoms with Crippen molar-refractivity contribution in [3.8, 4) is 0 Å². The van der Waals surface area contributed by atoms with Crippen molar-refractivity contribution in [3.05, 3.63) is 94.3 Å². The van der Waals surface area contributed by atoms with Gasteiger partial charge in [-0.2, -0.15) is 0 Å². The summed E-state index contributed by atoms with van der Waals surface area (Å²) in [6, 6.07) is 21.0. The quantitative estimate of drug-likeness (QED) is 0.674. The number of nitrogens with zero attached hydrogens (tertiary/aromatic N) is 2. The van der Waals surface area contributed by atoms with Crippen LogP contribution >= 0.6 is 11.6 Å². The van der Waals surface area contributed by atoms with Crippen molar-refractivity contribution < 1.29 is 4.79 Å². The first-order valence-corrected chi connectivity index (χ1v) is 8.20. The minimum Gasteiger partial charge on any atom is -0.267 e. The topological polar surface area (TPSA) is 25.2 Å². The lowest BCUT2D eigenvalue weighted by Gasteiger charge is -2.27. The fourth-order valence-corrected chi connectivity index (χ4v) is 2.90. The van der Waals surface area contributed by atoms with Gasteiger partial charge in [-0.15, -0.1) is 0 Å². The van der Waals surface area contributed by atoms with Crippen LogP contribution in [0.5, 0.6) is 0 Å². The van der Waals surface area contributed by atoms with Gasteiger partial charge in [-0.1, -0.05) is 41.9 Å². The molecule has 122 valence electrons. The fraction of sp³-hybridized carbons (Fsp3) is 0.150. The van der Waals surface area contributed by atoms with Gasteiger partial charge in [0.2, 0.25) is 0 Å². The highest BCUT2D eigenvalue weighted by atomic mass is 35.5. The summed E-state index contributed by atoms with van der Waals surface area (Å²) in [6.45, 7) is 4.50. The first kappa shape index (κ1) is 16.3. The van der Waals surface area contributed by atoms with Crippen LogP contribution in [0.1, 0.15) is 27.3 Å². The van der Waals surface area contributed by atoms with E-state index in [4.69, 9.17) is 11.6 Å². The molecule has 1 heterocycles. The van der Waals surface area contributed by atoms with Crippen LogP contribution in [0.3, 0.4) is 0 Å². The molecule has 2 aromatic carbocycles. The highest BCUT2D eigenvalue weighted by Crippen LogP contribution is 2.16. The van der Waals surface area contributed by atoms with E-state index in [0.717, 1.165) is 17.0 Å². The molecule has 0 fully saturated rings. The molecule has 0 aliphatic heterocycles. The van der Waals surface area contributed by atoms with Gasteiger partial charge in [0.05, 0.1) is 6.54 Å². The predicted octanol–water partition coefficient (Wildman–Crippen LogP) is 4.74. The molecule has 1 aromatic heterocycles. The molecule has 0 aliphatic rings. The Morgan fingerprint density at radius 2 is 1.50 bits per heavy atom. The van der Waals surface area contributed by atoms with E-state index in [0.29, 0.717) is 17.1 Å². The van der Waals surface area contributed by atoms with E-state index in [1.165, 1.54) is 0 Å². The third-order valence-corrected chi connectivity index (χ3v) is 4.23. The number of carbonyl (C=O) groups is 1. The molecule has 0 unspecified atom stereocenters. The van der Waals surface area contributed by atoms with E-state index in [1.807, 2.05) is 61.0 Å². The lowest BCUT2D eigenvalue weighted by Crippen LogP contribution is -2.41. The molecule has 0 saturated carbocycles. The molecule has 0 radical (unpaired) electrons. The Kier molecular flexibility index (Phi) is 4.72. The van der Waals surface area contributed by atoms with Crippen LogP contribution in [0, 0.1) is 13.8 Å². The molecule has 0 aliphatic carbocycles. The predicted molar refractivity (Wildman–Crippen MR) is 98.1 cm³/mol. The highest BCUT2D eigenvalue weighted by Gasteiger charge is 2.20. The minimum atomic E-state index is -0.0575. The Morgan fingerprint density at radius 1 is 0.917 bits per heavy atom. The lowest BCUT2D eigenvalue weighted by molar-refractivity contribution is 0.0954. The first-order chi connectivity index (χ1) is 11.6. The van der Waals surface area contributed by atoms with E-state index in [-0.39, 0.29) is 5.91 Å². The first-order valence-electron chi connectivity index (χ1n) is 7.83. The smallest absolute Gasteiger partial charge is 0.267 e. The van der Waals surface area contributed by atoms with Gasteiger partial charge >= 0.3 is 0 Å². The van der Waals surface area contributed by atoms with E-state index in [1.54, 1.807) is 29.3 Å². The van der Waals surface area contributed by atoms with Crippen LogP contribution in [0.2, 0.25) is 5.02 Å². The van der Waals surface area contributed by atoms with Crippen molar-refractivity contribution >= 4 is 17.5 Å². The zero-order valence-corrected chi connectivity index (χ0v) is 14.5. The van der Waals surface area contributed by atoms with Crippen molar-refractivity contribution in [2.45, 2.75) is 20.4 Å². The lowest BCUT2D eigenvalue weighted by atomic mass is 10.2. The van der Waals surface area contributed by atoms with Gasteiger partial charge in [0.1, 0.15) is 0 Å². The number of rotatable bonds is 4. The number of halogens is 1. The Balaban J connectivity index is 2.01. The zero-order chi connectivity index (χ0) is 17.1. The number of hydrogen-bond donors (Lipinski definition) is 0. The van der Waals surface area contributed by atoms with Gasteiger partial charge in [-0.25, -0.2) is 5.01 Å². The van der Waals surface area contributed by atoms with Gasteiger partial charge in [0, 0.05) is 22.0 Å². The van der Waals surface area contributed by atoms with Crippen LogP contribution < -0.4 is 5.01 Å². The number of carbonyl (C=O) groups excluding carboxylic acids is 1. The van der Waals surface area contributed by atoms with Crippen molar-refractivity contribution in [1.82, 2.24) is 4.68 Å². The number of benzene rings is 2. The summed E-state index contributed by atoms with van der Waals surface area (Å²) in [5.41, 5.74) is 3.73. The molecule has 3 rings (SSSR count). The molecule has 0 spiro atoms. The molecule has 3 aromatic rings. The van der Waals surface area contributed by atoms with Crippen molar-refractivity contribution in [3.63, 3.8) is 0 Å². The second-order valence-corrected chi connectivity index (χ2v) is 6.22. The Labute approximate surface area is 147 Å². The maximum atomic E-state index is 13.1. The van der Waals surface area contributed by atoms with Crippen LogP contribution in [-0.4, -0.2) is 10.6 Å². The Morgan fingerprint density at radius 3 is 2.08 bits per heavy atom. The summed E-state index contributed by atoms with van der Waals surface area (Å²) in [4.78, 5) is 13.1. The summed E-state index contributed by atoms with van der Waals surface area (Å²) in [5, 5.41) is 2.39. The third kappa shape index (κ3) is 3.36. The summed E-state index contributed by atoms with van der Waals surface area (Å²) >= 11 is 5.95. The van der Waals surface area contributed by atoms with Gasteiger partial charge in [-0.05, 0) is 55.8 Å². The minimum absolute atomic E-state index is 0.0575. The van der Waals surface area contributed by atoms with E-state index < -0.39 is 0 Å². The van der Waals surface area contributed by atoms with Crippen molar-refractivity contribution in [2.75, 3.05) is 5.01 Å². The second kappa shape index (κ2) is 6.93. The molecule has 3 nitrogen and oxygen atoms in total. The summed E-state index contributed by atoms with van der Waals surface area (Å²) in [7, 11) is 0. The standard InChI is InChI=1S/C20H19ClN2O/c1-15-8-9-16(2)23(15)22(14-17-6-4-3-5-7-17)20(24)18-10-12-19(21)13-11-18/h3-13H,14H2,1-2H3. The average Bonchev–Trinajstić information content (AvgIpc) is 2.92. The summed E-state index contributed by atoms with van der Waals surface area (Å²) < 4.78 is 1.96. The van der Waals surface area contributed by atoms with Crippen LogP contribution in [0.4, 0.5) is 0 Å². The largest absolute Gasteiger partial charge is 0.273 e. The SMILES string of the molecule is Cc1ccc(C)n1N(Cc1ccccc1)C(=O)c1ccc(Cl)cc1. The van der Waals surface area contributed by atoms with Crippen molar-refractivity contribution in [2.24, 2.45) is 0 Å². The summed E-state index contributed by atoms with van der Waals surface area (Å²) in [6.07, 6.45) is 0. The molecule has 4 heteroatoms. The van der Waals surface area contributed by atoms with E-state index >= 15 is 0 Å². The average molecular weight is 339 g/mol. The molecule has 0 saturated heterocycles. The van der Waals surface area contributed by atoms with Crippen LogP contribution in [0.25, 0.3) is 0 Å². The molecular formula is C20H19ClN2O. The number of aryl methyl sites for hydroxylation is 2. The zero-order valence-electron chi connectivity index (χ0n) is 13.7. The Hall–Kier alpha value is -2.52. The number of amides is 1. The molecule has 24 heavy (non-hydrogen) atoms. The molecule has 0 atom stereocenters. The van der Waals surface area contributed by atoms with E-state index in [9.17, 15) is 4.79 Å². The normalized spacial score (nSPS) is 10.6. The monoisotopic (exact) mass is 338 g/mol. The summed E-state index contributed by atoms with van der Waals surface area (Å²) in [5.74, 6) is -0.0575. The Bertz CT molecular complexity index is 818. The molecule has 0 N–H and O–H groups in total. The number of aromatic nitrogens is 1. The van der Waals surface area contributed by atoms with Gasteiger partial charge in [-0.3, -0.25) is 9.47 Å². The maximum Gasteiger partial charge on any atom is 0.273 e. The van der Waals surface area contributed by atoms with Crippen molar-refractivity contribution in [1.29, 1.82) is 0 Å². The third-order valence-electron chi connectivity index (χ3n) is 3.98. The molecule has 1 amide bonds. The van der Waals surface area contributed by atoms with Crippen LogP contribution in [0.15, 0.2) is 66.7 Å². The van der Waals surface area contributed by atoms with Gasteiger partial charge in [0.25, 0.3) is 5.91 Å². The van der Waals surface area contributed by atoms with Crippen LogP contribution in [-0.2, 0) is 6.54 Å². The van der Waals surface area contributed by atoms with Gasteiger partial charge in [0.15, 0.2) is 0 Å². The van der Waals surface area contributed by atoms with Gasteiger partial charge < -0.3 is 0 Å². The fourth-order valence-electron chi connectivity index (χ4n) is 2.77. The number of hydrogen-bond acceptors (Lipinski definition) is 1. The molecule has 0 bridgehead atoms. The second-order valence-electron chi connectivity index (χ2n) is 5.78.